The summed E-state index contributed by atoms with van der Waals surface area (Å²) in [5, 5.41) is 2.48. The molecule has 3 heteroatoms. The van der Waals surface area contributed by atoms with Crippen LogP contribution in [0.25, 0.3) is 10.8 Å². The van der Waals surface area contributed by atoms with E-state index in [2.05, 4.69) is 46.3 Å². The van der Waals surface area contributed by atoms with Crippen LogP contribution in [-0.4, -0.2) is 19.8 Å². The number of alkyl halides is 1. The zero-order valence-electron chi connectivity index (χ0n) is 12.3. The summed E-state index contributed by atoms with van der Waals surface area (Å²) in [4.78, 5) is 0.396. The summed E-state index contributed by atoms with van der Waals surface area (Å²) in [6.45, 7) is 0.940. The monoisotopic (exact) mass is 348 g/mol. The van der Waals surface area contributed by atoms with E-state index in [1.165, 1.54) is 29.2 Å². The van der Waals surface area contributed by atoms with E-state index in [1.54, 1.807) is 7.11 Å². The minimum atomic E-state index is 0.396. The van der Waals surface area contributed by atoms with Gasteiger partial charge in [0.15, 0.2) is 0 Å². The maximum Gasteiger partial charge on any atom is 0.119 e. The van der Waals surface area contributed by atoms with Crippen LogP contribution in [0.5, 0.6) is 5.75 Å². The third kappa shape index (κ3) is 3.58. The van der Waals surface area contributed by atoms with Crippen LogP contribution >= 0.6 is 15.9 Å². The van der Waals surface area contributed by atoms with Crippen LogP contribution in [0.1, 0.15) is 36.1 Å². The van der Waals surface area contributed by atoms with Gasteiger partial charge in [-0.3, -0.25) is 0 Å². The highest BCUT2D eigenvalue weighted by Gasteiger charge is 2.17. The molecule has 0 radical (unpaired) electrons. The minimum Gasteiger partial charge on any atom is -0.497 e. The van der Waals surface area contributed by atoms with Gasteiger partial charge in [-0.05, 0) is 54.2 Å². The summed E-state index contributed by atoms with van der Waals surface area (Å²) in [5.74, 6) is 0.907. The Balaban J connectivity index is 1.70. The molecular formula is C18H21BrO2. The van der Waals surface area contributed by atoms with E-state index in [-0.39, 0.29) is 0 Å². The van der Waals surface area contributed by atoms with Gasteiger partial charge in [-0.2, -0.15) is 0 Å². The molecule has 21 heavy (non-hydrogen) atoms. The Morgan fingerprint density at radius 3 is 2.81 bits per heavy atom. The van der Waals surface area contributed by atoms with Crippen molar-refractivity contribution in [3.05, 3.63) is 42.0 Å². The highest BCUT2D eigenvalue weighted by molar-refractivity contribution is 9.09. The average molecular weight is 349 g/mol. The normalized spacial score (nSPS) is 19.8. The fraction of sp³-hybridized carbons (Fsp3) is 0.444. The summed E-state index contributed by atoms with van der Waals surface area (Å²) in [6, 6.07) is 12.9. The Morgan fingerprint density at radius 2 is 2.05 bits per heavy atom. The Morgan fingerprint density at radius 1 is 1.24 bits per heavy atom. The summed E-state index contributed by atoms with van der Waals surface area (Å²) >= 11 is 3.83. The average Bonchev–Trinajstić information content (AvgIpc) is 3.05. The Hall–Kier alpha value is -1.06. The molecule has 0 spiro atoms. The molecule has 1 aliphatic rings. The van der Waals surface area contributed by atoms with Gasteiger partial charge in [-0.1, -0.05) is 40.2 Å². The number of halogens is 1. The number of hydrogen-bond donors (Lipinski definition) is 0. The standard InChI is InChI=1S/C18H21BrO2/c1-20-17-7-6-13-11-15(5-4-14(13)12-17)18(19)9-8-16-3-2-10-21-16/h4-7,11-12,16,18H,2-3,8-10H2,1H3. The molecule has 2 unspecified atom stereocenters. The van der Waals surface area contributed by atoms with Gasteiger partial charge in [0.25, 0.3) is 0 Å². The molecule has 1 aliphatic heterocycles. The second-order valence-corrected chi connectivity index (χ2v) is 6.76. The zero-order valence-corrected chi connectivity index (χ0v) is 13.9. The molecule has 0 aromatic heterocycles. The molecule has 2 nitrogen and oxygen atoms in total. The van der Waals surface area contributed by atoms with Crippen LogP contribution in [0.3, 0.4) is 0 Å². The number of rotatable bonds is 5. The lowest BCUT2D eigenvalue weighted by molar-refractivity contribution is 0.102. The lowest BCUT2D eigenvalue weighted by Crippen LogP contribution is -2.05. The highest BCUT2D eigenvalue weighted by Crippen LogP contribution is 2.33. The molecule has 0 bridgehead atoms. The van der Waals surface area contributed by atoms with Crippen molar-refractivity contribution in [3.8, 4) is 5.75 Å². The first kappa shape index (κ1) is 14.9. The molecule has 0 amide bonds. The fourth-order valence-electron chi connectivity index (χ4n) is 2.94. The molecule has 3 rings (SSSR count). The fourth-order valence-corrected chi connectivity index (χ4v) is 3.48. The van der Waals surface area contributed by atoms with Crippen molar-refractivity contribution in [3.63, 3.8) is 0 Å². The number of methoxy groups -OCH3 is 1. The van der Waals surface area contributed by atoms with Crippen molar-refractivity contribution in [2.75, 3.05) is 13.7 Å². The largest absolute Gasteiger partial charge is 0.497 e. The molecule has 0 saturated carbocycles. The van der Waals surface area contributed by atoms with E-state index >= 15 is 0 Å². The zero-order chi connectivity index (χ0) is 14.7. The van der Waals surface area contributed by atoms with Gasteiger partial charge in [0.2, 0.25) is 0 Å². The molecule has 0 aliphatic carbocycles. The number of benzene rings is 2. The van der Waals surface area contributed by atoms with Gasteiger partial charge >= 0.3 is 0 Å². The molecule has 1 heterocycles. The summed E-state index contributed by atoms with van der Waals surface area (Å²) < 4.78 is 11.0. The molecule has 1 fully saturated rings. The number of ether oxygens (including phenoxy) is 2. The van der Waals surface area contributed by atoms with Crippen LogP contribution < -0.4 is 4.74 Å². The SMILES string of the molecule is COc1ccc2cc(C(Br)CCC3CCCO3)ccc2c1. The quantitative estimate of drug-likeness (QED) is 0.687. The van der Waals surface area contributed by atoms with Crippen LogP contribution in [0.2, 0.25) is 0 Å². The maximum absolute atomic E-state index is 5.70. The predicted molar refractivity (Wildman–Crippen MR) is 90.4 cm³/mol. The number of hydrogen-bond acceptors (Lipinski definition) is 2. The van der Waals surface area contributed by atoms with E-state index in [0.717, 1.165) is 25.2 Å². The second-order valence-electron chi connectivity index (χ2n) is 5.65. The van der Waals surface area contributed by atoms with Gasteiger partial charge in [-0.25, -0.2) is 0 Å². The Bertz CT molecular complexity index is 605. The van der Waals surface area contributed by atoms with Crippen molar-refractivity contribution in [2.24, 2.45) is 0 Å². The van der Waals surface area contributed by atoms with Gasteiger partial charge in [0, 0.05) is 11.4 Å². The van der Waals surface area contributed by atoms with Crippen molar-refractivity contribution in [1.82, 2.24) is 0 Å². The van der Waals surface area contributed by atoms with Crippen LogP contribution in [0.15, 0.2) is 36.4 Å². The molecule has 2 aromatic rings. The first-order valence-electron chi connectivity index (χ1n) is 7.59. The van der Waals surface area contributed by atoms with Gasteiger partial charge in [0.05, 0.1) is 13.2 Å². The van der Waals surface area contributed by atoms with Crippen LogP contribution in [0, 0.1) is 0 Å². The third-order valence-electron chi connectivity index (χ3n) is 4.20. The lowest BCUT2D eigenvalue weighted by atomic mass is 10.0. The lowest BCUT2D eigenvalue weighted by Gasteiger charge is -2.14. The van der Waals surface area contributed by atoms with E-state index in [4.69, 9.17) is 9.47 Å². The van der Waals surface area contributed by atoms with E-state index in [9.17, 15) is 0 Å². The van der Waals surface area contributed by atoms with Gasteiger partial charge in [-0.15, -0.1) is 0 Å². The molecule has 112 valence electrons. The second kappa shape index (κ2) is 6.80. The molecule has 0 N–H and O–H groups in total. The topological polar surface area (TPSA) is 18.5 Å². The van der Waals surface area contributed by atoms with Crippen LogP contribution in [0.4, 0.5) is 0 Å². The first-order valence-corrected chi connectivity index (χ1v) is 8.51. The smallest absolute Gasteiger partial charge is 0.119 e. The molecule has 1 saturated heterocycles. The summed E-state index contributed by atoms with van der Waals surface area (Å²) in [7, 11) is 1.70. The Labute approximate surface area is 134 Å². The molecule has 2 aromatic carbocycles. The van der Waals surface area contributed by atoms with Crippen LogP contribution in [-0.2, 0) is 4.74 Å². The molecular weight excluding hydrogens is 328 g/mol. The third-order valence-corrected chi connectivity index (χ3v) is 5.19. The van der Waals surface area contributed by atoms with E-state index in [1.807, 2.05) is 6.07 Å². The minimum absolute atomic E-state index is 0.396. The first-order chi connectivity index (χ1) is 10.3. The van der Waals surface area contributed by atoms with Gasteiger partial charge in [0.1, 0.15) is 5.75 Å². The number of fused-ring (bicyclic) bond motifs is 1. The van der Waals surface area contributed by atoms with Crippen molar-refractivity contribution < 1.29 is 9.47 Å². The van der Waals surface area contributed by atoms with E-state index < -0.39 is 0 Å². The Kier molecular flexibility index (Phi) is 4.81. The van der Waals surface area contributed by atoms with Gasteiger partial charge < -0.3 is 9.47 Å². The highest BCUT2D eigenvalue weighted by atomic mass is 79.9. The summed E-state index contributed by atoms with van der Waals surface area (Å²) in [6.07, 6.45) is 5.16. The maximum atomic E-state index is 5.70. The van der Waals surface area contributed by atoms with Crippen molar-refractivity contribution in [2.45, 2.75) is 36.6 Å². The van der Waals surface area contributed by atoms with E-state index in [0.29, 0.717) is 10.9 Å². The summed E-state index contributed by atoms with van der Waals surface area (Å²) in [5.41, 5.74) is 1.34. The molecule has 2 atom stereocenters. The van der Waals surface area contributed by atoms with Crippen molar-refractivity contribution in [1.29, 1.82) is 0 Å². The predicted octanol–water partition coefficient (Wildman–Crippen LogP) is 5.24. The van der Waals surface area contributed by atoms with Crippen molar-refractivity contribution >= 4 is 26.7 Å².